The highest BCUT2D eigenvalue weighted by atomic mass is 32.1. The lowest BCUT2D eigenvalue weighted by molar-refractivity contribution is -0.118. The van der Waals surface area contributed by atoms with Crippen molar-refractivity contribution >= 4 is 28.3 Å². The highest BCUT2D eigenvalue weighted by Crippen LogP contribution is 2.31. The molecule has 9 heteroatoms. The number of anilines is 1. The van der Waals surface area contributed by atoms with Gasteiger partial charge in [0.1, 0.15) is 29.0 Å². The van der Waals surface area contributed by atoms with Gasteiger partial charge < -0.3 is 15.4 Å². The lowest BCUT2D eigenvalue weighted by Crippen LogP contribution is -2.47. The number of methoxy groups -OCH3 is 1. The second-order valence-electron chi connectivity index (χ2n) is 7.43. The second kappa shape index (κ2) is 9.86. The van der Waals surface area contributed by atoms with E-state index >= 15 is 0 Å². The van der Waals surface area contributed by atoms with Crippen LogP contribution in [0.5, 0.6) is 5.75 Å². The molecule has 1 atom stereocenters. The molecule has 0 fully saturated rings. The highest BCUT2D eigenvalue weighted by molar-refractivity contribution is 7.16. The van der Waals surface area contributed by atoms with Crippen molar-refractivity contribution in [2.24, 2.45) is 5.92 Å². The lowest BCUT2D eigenvalue weighted by atomic mass is 10.0. The average Bonchev–Trinajstić information content (AvgIpc) is 3.11. The number of amides is 2. The van der Waals surface area contributed by atoms with Crippen LogP contribution in [-0.2, 0) is 4.79 Å². The van der Waals surface area contributed by atoms with Crippen molar-refractivity contribution in [3.8, 4) is 17.0 Å². The maximum atomic E-state index is 13.9. The zero-order valence-electron chi connectivity index (χ0n) is 18.0. The Morgan fingerprint density at radius 2 is 1.69 bits per heavy atom. The fourth-order valence-electron chi connectivity index (χ4n) is 3.11. The first-order valence-corrected chi connectivity index (χ1v) is 10.7. The first-order chi connectivity index (χ1) is 15.2. The summed E-state index contributed by atoms with van der Waals surface area (Å²) in [5.74, 6) is -3.13. The number of hydrogen-bond donors (Lipinski definition) is 2. The van der Waals surface area contributed by atoms with Gasteiger partial charge in [-0.15, -0.1) is 11.3 Å². The molecule has 32 heavy (non-hydrogen) atoms. The Morgan fingerprint density at radius 1 is 1.06 bits per heavy atom. The van der Waals surface area contributed by atoms with Gasteiger partial charge in [0.2, 0.25) is 5.91 Å². The summed E-state index contributed by atoms with van der Waals surface area (Å²) < 4.78 is 33.0. The summed E-state index contributed by atoms with van der Waals surface area (Å²) in [7, 11) is 1.58. The van der Waals surface area contributed by atoms with E-state index in [1.807, 2.05) is 31.2 Å². The highest BCUT2D eigenvalue weighted by Gasteiger charge is 2.28. The van der Waals surface area contributed by atoms with Gasteiger partial charge in [0.15, 0.2) is 5.13 Å². The molecule has 3 aromatic rings. The van der Waals surface area contributed by atoms with E-state index in [1.165, 1.54) is 17.4 Å². The predicted octanol–water partition coefficient (Wildman–Crippen LogP) is 4.80. The number of carbonyl (C=O) groups is 2. The molecule has 0 spiro atoms. The topological polar surface area (TPSA) is 80.3 Å². The Labute approximate surface area is 188 Å². The molecule has 2 aromatic carbocycles. The Kier molecular flexibility index (Phi) is 7.19. The summed E-state index contributed by atoms with van der Waals surface area (Å²) in [5, 5.41) is 5.49. The fraction of sp³-hybridized carbons (Fsp3) is 0.261. The Bertz CT molecular complexity index is 1110. The standard InChI is InChI=1S/C23H23F2N3O3S/c1-12(2)19(26-21(29)18-16(24)6-5-7-17(18)25)22(30)28-23-27-20(13(3)32-23)14-8-10-15(31-4)11-9-14/h5-12,19H,1-4H3,(H,26,29)(H,27,28,30)/t19-/m0/s1. The number of benzene rings is 2. The van der Waals surface area contributed by atoms with E-state index in [0.717, 1.165) is 28.3 Å². The molecule has 3 rings (SSSR count). The molecule has 0 unspecified atom stereocenters. The zero-order valence-corrected chi connectivity index (χ0v) is 18.8. The molecule has 0 aliphatic carbocycles. The Morgan fingerprint density at radius 3 is 2.25 bits per heavy atom. The summed E-state index contributed by atoms with van der Waals surface area (Å²) in [6.45, 7) is 5.33. The fourth-order valence-corrected chi connectivity index (χ4v) is 3.95. The monoisotopic (exact) mass is 459 g/mol. The number of nitrogens with zero attached hydrogens (tertiary/aromatic N) is 1. The number of nitrogens with one attached hydrogen (secondary N) is 2. The number of carbonyl (C=O) groups excluding carboxylic acids is 2. The minimum atomic E-state index is -1.02. The van der Waals surface area contributed by atoms with E-state index in [0.29, 0.717) is 10.8 Å². The van der Waals surface area contributed by atoms with Crippen molar-refractivity contribution in [2.45, 2.75) is 26.8 Å². The van der Waals surface area contributed by atoms with Gasteiger partial charge in [-0.1, -0.05) is 19.9 Å². The quantitative estimate of drug-likeness (QED) is 0.532. The van der Waals surface area contributed by atoms with E-state index in [-0.39, 0.29) is 5.92 Å². The van der Waals surface area contributed by atoms with Crippen LogP contribution in [0.3, 0.4) is 0 Å². The van der Waals surface area contributed by atoms with E-state index in [1.54, 1.807) is 21.0 Å². The van der Waals surface area contributed by atoms with Gasteiger partial charge in [0, 0.05) is 10.4 Å². The molecule has 6 nitrogen and oxygen atoms in total. The van der Waals surface area contributed by atoms with E-state index in [4.69, 9.17) is 4.74 Å². The second-order valence-corrected chi connectivity index (χ2v) is 8.64. The largest absolute Gasteiger partial charge is 0.497 e. The SMILES string of the molecule is COc1ccc(-c2nc(NC(=O)[C@@H](NC(=O)c3c(F)cccc3F)C(C)C)sc2C)cc1. The number of rotatable bonds is 7. The predicted molar refractivity (Wildman–Crippen MR) is 120 cm³/mol. The van der Waals surface area contributed by atoms with Gasteiger partial charge in [-0.3, -0.25) is 9.59 Å². The summed E-state index contributed by atoms with van der Waals surface area (Å²) in [5.41, 5.74) is 0.855. The molecule has 0 radical (unpaired) electrons. The summed E-state index contributed by atoms with van der Waals surface area (Å²) >= 11 is 1.29. The molecule has 168 valence electrons. The molecule has 0 saturated carbocycles. The maximum Gasteiger partial charge on any atom is 0.257 e. The van der Waals surface area contributed by atoms with Crippen LogP contribution in [0.1, 0.15) is 29.1 Å². The normalized spacial score (nSPS) is 11.8. The van der Waals surface area contributed by atoms with Gasteiger partial charge >= 0.3 is 0 Å². The minimum Gasteiger partial charge on any atom is -0.497 e. The minimum absolute atomic E-state index is 0.337. The zero-order chi connectivity index (χ0) is 23.4. The summed E-state index contributed by atoms with van der Waals surface area (Å²) in [6.07, 6.45) is 0. The molecule has 0 aliphatic rings. The first kappa shape index (κ1) is 23.3. The number of hydrogen-bond acceptors (Lipinski definition) is 5. The third kappa shape index (κ3) is 5.11. The number of aromatic nitrogens is 1. The molecule has 1 aromatic heterocycles. The van der Waals surface area contributed by atoms with Gasteiger partial charge in [-0.25, -0.2) is 13.8 Å². The molecule has 1 heterocycles. The average molecular weight is 460 g/mol. The molecule has 0 aliphatic heterocycles. The van der Waals surface area contributed by atoms with Crippen LogP contribution in [0, 0.1) is 24.5 Å². The van der Waals surface area contributed by atoms with Crippen LogP contribution in [0.25, 0.3) is 11.3 Å². The van der Waals surface area contributed by atoms with E-state index in [2.05, 4.69) is 15.6 Å². The van der Waals surface area contributed by atoms with Crippen LogP contribution in [0.15, 0.2) is 42.5 Å². The van der Waals surface area contributed by atoms with Crippen LogP contribution in [0.2, 0.25) is 0 Å². The third-order valence-electron chi connectivity index (χ3n) is 4.82. The number of aryl methyl sites for hydroxylation is 1. The van der Waals surface area contributed by atoms with Crippen molar-refractivity contribution in [2.75, 3.05) is 12.4 Å². The van der Waals surface area contributed by atoms with Gasteiger partial charge in [0.05, 0.1) is 12.8 Å². The molecular weight excluding hydrogens is 436 g/mol. The molecule has 2 N–H and O–H groups in total. The van der Waals surface area contributed by atoms with E-state index < -0.39 is 35.1 Å². The van der Waals surface area contributed by atoms with Crippen LogP contribution < -0.4 is 15.4 Å². The van der Waals surface area contributed by atoms with Gasteiger partial charge in [0.25, 0.3) is 5.91 Å². The molecule has 0 bridgehead atoms. The van der Waals surface area contributed by atoms with Crippen LogP contribution in [-0.4, -0.2) is 29.9 Å². The Hall–Kier alpha value is -3.33. The third-order valence-corrected chi connectivity index (χ3v) is 5.70. The van der Waals surface area contributed by atoms with Crippen molar-refractivity contribution in [1.82, 2.24) is 10.3 Å². The first-order valence-electron chi connectivity index (χ1n) is 9.88. The van der Waals surface area contributed by atoms with Gasteiger partial charge in [-0.05, 0) is 49.2 Å². The van der Waals surface area contributed by atoms with Crippen molar-refractivity contribution in [1.29, 1.82) is 0 Å². The Balaban J connectivity index is 1.77. The van der Waals surface area contributed by atoms with Gasteiger partial charge in [-0.2, -0.15) is 0 Å². The van der Waals surface area contributed by atoms with Crippen molar-refractivity contribution in [3.05, 3.63) is 64.5 Å². The van der Waals surface area contributed by atoms with Crippen molar-refractivity contribution < 1.29 is 23.1 Å². The lowest BCUT2D eigenvalue weighted by Gasteiger charge is -2.21. The van der Waals surface area contributed by atoms with Crippen molar-refractivity contribution in [3.63, 3.8) is 0 Å². The maximum absolute atomic E-state index is 13.9. The van der Waals surface area contributed by atoms with Crippen LogP contribution >= 0.6 is 11.3 Å². The summed E-state index contributed by atoms with van der Waals surface area (Å²) in [4.78, 5) is 30.7. The van der Waals surface area contributed by atoms with E-state index in [9.17, 15) is 18.4 Å². The number of halogens is 2. The molecular formula is C23H23F2N3O3S. The smallest absolute Gasteiger partial charge is 0.257 e. The van der Waals surface area contributed by atoms with Crippen LogP contribution in [0.4, 0.5) is 13.9 Å². The molecule has 2 amide bonds. The number of thiazole rings is 1. The number of ether oxygens (including phenoxy) is 1. The molecule has 0 saturated heterocycles. The summed E-state index contributed by atoms with van der Waals surface area (Å²) in [6, 6.07) is 9.49.